The average Bonchev–Trinajstić information content (AvgIpc) is 3.13. The fourth-order valence-corrected chi connectivity index (χ4v) is 3.51. The van der Waals surface area contributed by atoms with E-state index in [-0.39, 0.29) is 17.8 Å². The van der Waals surface area contributed by atoms with Crippen LogP contribution >= 0.6 is 11.3 Å². The van der Waals surface area contributed by atoms with Crippen molar-refractivity contribution >= 4 is 17.4 Å². The molecule has 1 fully saturated rings. The second-order valence-corrected chi connectivity index (χ2v) is 6.68. The maximum absolute atomic E-state index is 13.0. The van der Waals surface area contributed by atoms with E-state index in [2.05, 4.69) is 10.3 Å². The number of rotatable bonds is 4. The van der Waals surface area contributed by atoms with Crippen LogP contribution in [0.3, 0.4) is 0 Å². The third-order valence-electron chi connectivity index (χ3n) is 4.39. The van der Waals surface area contributed by atoms with Gasteiger partial charge in [0.05, 0.1) is 23.9 Å². The number of likely N-dealkylation sites (tertiary alicyclic amines) is 1. The maximum atomic E-state index is 13.0. The lowest BCUT2D eigenvalue weighted by Gasteiger charge is -2.34. The lowest BCUT2D eigenvalue weighted by atomic mass is 9.87. The van der Waals surface area contributed by atoms with Crippen LogP contribution < -0.4 is 5.32 Å². The molecule has 7 heteroatoms. The van der Waals surface area contributed by atoms with E-state index in [0.717, 1.165) is 24.1 Å². The molecule has 2 aromatic rings. The van der Waals surface area contributed by atoms with Gasteiger partial charge in [-0.15, -0.1) is 11.3 Å². The lowest BCUT2D eigenvalue weighted by molar-refractivity contribution is 0.0664. The third-order valence-corrected chi connectivity index (χ3v) is 5.02. The van der Waals surface area contributed by atoms with Gasteiger partial charge in [-0.2, -0.15) is 0 Å². The van der Waals surface area contributed by atoms with Crippen LogP contribution in [-0.4, -0.2) is 34.1 Å². The Kier molecular flexibility index (Phi) is 5.42. The number of aliphatic hydroxyl groups excluding tert-OH is 1. The molecule has 1 unspecified atom stereocenters. The molecule has 1 aliphatic heterocycles. The Morgan fingerprint density at radius 1 is 1.38 bits per heavy atom. The van der Waals surface area contributed by atoms with E-state index < -0.39 is 6.10 Å². The summed E-state index contributed by atoms with van der Waals surface area (Å²) in [5.74, 6) is -0.226. The predicted octanol–water partition coefficient (Wildman–Crippen LogP) is 2.94. The smallest absolute Gasteiger partial charge is 0.317 e. The van der Waals surface area contributed by atoms with Gasteiger partial charge in [0.25, 0.3) is 0 Å². The van der Waals surface area contributed by atoms with Crippen molar-refractivity contribution in [3.05, 3.63) is 52.2 Å². The summed E-state index contributed by atoms with van der Waals surface area (Å²) in [6.07, 6.45) is 0.830. The predicted molar refractivity (Wildman–Crippen MR) is 90.0 cm³/mol. The normalized spacial score (nSPS) is 16.8. The van der Waals surface area contributed by atoms with Gasteiger partial charge in [0.15, 0.2) is 0 Å². The number of nitrogens with one attached hydrogen (secondary N) is 1. The number of carbonyl (C=O) groups excluding carboxylic acids is 1. The summed E-state index contributed by atoms with van der Waals surface area (Å²) in [5.41, 5.74) is 3.32. The number of aromatic nitrogens is 1. The fourth-order valence-electron chi connectivity index (χ4n) is 2.95. The van der Waals surface area contributed by atoms with Crippen molar-refractivity contribution in [3.8, 4) is 0 Å². The molecule has 128 valence electrons. The number of amides is 2. The molecule has 5 nitrogen and oxygen atoms in total. The number of hydrogen-bond acceptors (Lipinski definition) is 4. The highest BCUT2D eigenvalue weighted by molar-refractivity contribution is 7.07. The minimum absolute atomic E-state index is 0.0815. The maximum Gasteiger partial charge on any atom is 0.317 e. The zero-order valence-electron chi connectivity index (χ0n) is 13.2. The van der Waals surface area contributed by atoms with Gasteiger partial charge >= 0.3 is 6.03 Å². The third kappa shape index (κ3) is 4.10. The zero-order chi connectivity index (χ0) is 16.9. The molecule has 3 rings (SSSR count). The SMILES string of the molecule is O=C(NCc1cscn1)N1CCC(C(O)c2ccc(F)cc2)CC1. The molecule has 0 spiro atoms. The van der Waals surface area contributed by atoms with Crippen molar-refractivity contribution in [1.82, 2.24) is 15.2 Å². The van der Waals surface area contributed by atoms with E-state index >= 15 is 0 Å². The van der Waals surface area contributed by atoms with Crippen molar-refractivity contribution in [1.29, 1.82) is 0 Å². The zero-order valence-corrected chi connectivity index (χ0v) is 14.0. The number of nitrogens with zero attached hydrogens (tertiary/aromatic N) is 2. The summed E-state index contributed by atoms with van der Waals surface area (Å²) in [6.45, 7) is 1.64. The van der Waals surface area contributed by atoms with Gasteiger partial charge in [0.2, 0.25) is 0 Å². The Labute approximate surface area is 144 Å². The molecule has 1 aromatic heterocycles. The highest BCUT2D eigenvalue weighted by atomic mass is 32.1. The van der Waals surface area contributed by atoms with E-state index in [0.29, 0.717) is 19.6 Å². The summed E-state index contributed by atoms with van der Waals surface area (Å²) < 4.78 is 13.0. The van der Waals surface area contributed by atoms with Crippen LogP contribution in [0.1, 0.15) is 30.2 Å². The van der Waals surface area contributed by atoms with Gasteiger partial charge < -0.3 is 15.3 Å². The quantitative estimate of drug-likeness (QED) is 0.892. The van der Waals surface area contributed by atoms with Gasteiger partial charge in [0, 0.05) is 18.5 Å². The Bertz CT molecular complexity index is 655. The molecule has 2 heterocycles. The highest BCUT2D eigenvalue weighted by Crippen LogP contribution is 2.30. The average molecular weight is 349 g/mol. The van der Waals surface area contributed by atoms with E-state index in [4.69, 9.17) is 0 Å². The number of carbonyl (C=O) groups is 1. The number of urea groups is 1. The van der Waals surface area contributed by atoms with Crippen molar-refractivity contribution in [2.45, 2.75) is 25.5 Å². The van der Waals surface area contributed by atoms with Crippen LogP contribution in [0.2, 0.25) is 0 Å². The van der Waals surface area contributed by atoms with Crippen molar-refractivity contribution < 1.29 is 14.3 Å². The molecule has 2 amide bonds. The summed E-state index contributed by atoms with van der Waals surface area (Å²) in [4.78, 5) is 18.1. The lowest BCUT2D eigenvalue weighted by Crippen LogP contribution is -2.45. The van der Waals surface area contributed by atoms with Crippen LogP contribution in [0.15, 0.2) is 35.2 Å². The number of piperidine rings is 1. The minimum atomic E-state index is -0.620. The van der Waals surface area contributed by atoms with E-state index in [1.165, 1.54) is 23.5 Å². The van der Waals surface area contributed by atoms with Crippen molar-refractivity contribution in [3.63, 3.8) is 0 Å². The van der Waals surface area contributed by atoms with E-state index in [9.17, 15) is 14.3 Å². The first-order valence-electron chi connectivity index (χ1n) is 7.97. The van der Waals surface area contributed by atoms with E-state index in [1.807, 2.05) is 5.38 Å². The van der Waals surface area contributed by atoms with Crippen LogP contribution in [0.5, 0.6) is 0 Å². The first-order valence-corrected chi connectivity index (χ1v) is 8.91. The first kappa shape index (κ1) is 16.9. The van der Waals surface area contributed by atoms with Gasteiger partial charge in [-0.3, -0.25) is 0 Å². The summed E-state index contributed by atoms with van der Waals surface area (Å²) in [6, 6.07) is 5.86. The molecule has 0 radical (unpaired) electrons. The number of thiazole rings is 1. The van der Waals surface area contributed by atoms with Crippen molar-refractivity contribution in [2.24, 2.45) is 5.92 Å². The molecule has 0 bridgehead atoms. The molecule has 0 saturated carbocycles. The Hall–Kier alpha value is -1.99. The number of benzene rings is 1. The highest BCUT2D eigenvalue weighted by Gasteiger charge is 2.28. The summed E-state index contributed by atoms with van der Waals surface area (Å²) in [7, 11) is 0. The van der Waals surface area contributed by atoms with Gasteiger partial charge in [-0.05, 0) is 36.5 Å². The number of aliphatic hydroxyl groups is 1. The molecule has 24 heavy (non-hydrogen) atoms. The Balaban J connectivity index is 1.48. The topological polar surface area (TPSA) is 65.5 Å². The van der Waals surface area contributed by atoms with Gasteiger partial charge in [-0.25, -0.2) is 14.2 Å². The van der Waals surface area contributed by atoms with E-state index in [1.54, 1.807) is 22.5 Å². The standard InChI is InChI=1S/C17H20FN3O2S/c18-14-3-1-12(2-4-14)16(22)13-5-7-21(8-6-13)17(23)19-9-15-10-24-11-20-15/h1-4,10-11,13,16,22H,5-9H2,(H,19,23). The van der Waals surface area contributed by atoms with Crippen LogP contribution in [-0.2, 0) is 6.54 Å². The molecule has 1 saturated heterocycles. The van der Waals surface area contributed by atoms with Crippen molar-refractivity contribution in [2.75, 3.05) is 13.1 Å². The van der Waals surface area contributed by atoms with Gasteiger partial charge in [0.1, 0.15) is 5.82 Å². The molecule has 1 aromatic carbocycles. The number of halogens is 1. The summed E-state index contributed by atoms with van der Waals surface area (Å²) >= 11 is 1.50. The Morgan fingerprint density at radius 3 is 2.71 bits per heavy atom. The van der Waals surface area contributed by atoms with Crippen LogP contribution in [0.25, 0.3) is 0 Å². The molecular formula is C17H20FN3O2S. The van der Waals surface area contributed by atoms with Crippen LogP contribution in [0.4, 0.5) is 9.18 Å². The minimum Gasteiger partial charge on any atom is -0.388 e. The second kappa shape index (κ2) is 7.72. The number of hydrogen-bond donors (Lipinski definition) is 2. The molecular weight excluding hydrogens is 329 g/mol. The van der Waals surface area contributed by atoms with Gasteiger partial charge in [-0.1, -0.05) is 12.1 Å². The fraction of sp³-hybridized carbons (Fsp3) is 0.412. The second-order valence-electron chi connectivity index (χ2n) is 5.96. The first-order chi connectivity index (χ1) is 11.6. The molecule has 1 atom stereocenters. The molecule has 1 aliphatic rings. The van der Waals surface area contributed by atoms with Crippen LogP contribution in [0, 0.1) is 11.7 Å². The monoisotopic (exact) mass is 349 g/mol. The Morgan fingerprint density at radius 2 is 2.08 bits per heavy atom. The summed E-state index contributed by atoms with van der Waals surface area (Å²) in [5, 5.41) is 15.2. The molecule has 0 aliphatic carbocycles. The largest absolute Gasteiger partial charge is 0.388 e. The molecule has 2 N–H and O–H groups in total.